The van der Waals surface area contributed by atoms with E-state index >= 15 is 0 Å². The number of fused-ring (bicyclic) bond motifs is 1. The third kappa shape index (κ3) is 4.62. The molecule has 0 unspecified atom stereocenters. The van der Waals surface area contributed by atoms with Crippen molar-refractivity contribution in [3.8, 4) is 0 Å². The molecule has 5 heteroatoms. The predicted octanol–water partition coefficient (Wildman–Crippen LogP) is 4.93. The molecule has 1 atom stereocenters. The van der Waals surface area contributed by atoms with E-state index in [9.17, 15) is 9.90 Å². The number of aromatic nitrogens is 1. The fourth-order valence-corrected chi connectivity index (χ4v) is 4.35. The number of anilines is 2. The monoisotopic (exact) mass is 415 g/mol. The molecule has 0 spiro atoms. The second-order valence-corrected chi connectivity index (χ2v) is 8.10. The van der Waals surface area contributed by atoms with Crippen molar-refractivity contribution >= 4 is 17.3 Å². The SMILES string of the molecule is CCc1ccc(N(C)c2ccc3c(c2)CCN[C@H]3CCc2cnccc2C(=O)O)cc1. The molecule has 2 heterocycles. The highest BCUT2D eigenvalue weighted by atomic mass is 16.4. The molecular weight excluding hydrogens is 386 g/mol. The van der Waals surface area contributed by atoms with E-state index in [-0.39, 0.29) is 6.04 Å². The molecule has 0 saturated carbocycles. The number of aryl methyl sites for hydroxylation is 2. The topological polar surface area (TPSA) is 65.5 Å². The highest BCUT2D eigenvalue weighted by Gasteiger charge is 2.21. The lowest BCUT2D eigenvalue weighted by atomic mass is 9.89. The van der Waals surface area contributed by atoms with E-state index < -0.39 is 5.97 Å². The second-order valence-electron chi connectivity index (χ2n) is 8.10. The van der Waals surface area contributed by atoms with E-state index in [1.54, 1.807) is 12.3 Å². The van der Waals surface area contributed by atoms with Crippen molar-refractivity contribution in [3.63, 3.8) is 0 Å². The van der Waals surface area contributed by atoms with Crippen LogP contribution in [0.1, 0.15) is 52.0 Å². The summed E-state index contributed by atoms with van der Waals surface area (Å²) in [5.74, 6) is -0.894. The van der Waals surface area contributed by atoms with Gasteiger partial charge in [-0.25, -0.2) is 4.79 Å². The van der Waals surface area contributed by atoms with E-state index in [1.165, 1.54) is 34.3 Å². The Kier molecular flexibility index (Phi) is 6.33. The number of benzene rings is 2. The molecule has 31 heavy (non-hydrogen) atoms. The maximum absolute atomic E-state index is 11.5. The summed E-state index contributed by atoms with van der Waals surface area (Å²) in [5.41, 5.74) is 7.52. The summed E-state index contributed by atoms with van der Waals surface area (Å²) in [6.45, 7) is 3.10. The zero-order valence-electron chi connectivity index (χ0n) is 18.1. The van der Waals surface area contributed by atoms with Gasteiger partial charge in [0.2, 0.25) is 0 Å². The van der Waals surface area contributed by atoms with Crippen molar-refractivity contribution in [2.45, 2.75) is 38.6 Å². The Morgan fingerprint density at radius 1 is 1.16 bits per heavy atom. The number of carboxylic acid groups (broad SMARTS) is 1. The van der Waals surface area contributed by atoms with Gasteiger partial charge in [0.05, 0.1) is 5.56 Å². The van der Waals surface area contributed by atoms with E-state index in [0.29, 0.717) is 12.0 Å². The quantitative estimate of drug-likeness (QED) is 0.573. The molecule has 1 aliphatic rings. The Balaban J connectivity index is 1.51. The average Bonchev–Trinajstić information content (AvgIpc) is 2.82. The van der Waals surface area contributed by atoms with Crippen LogP contribution in [0.3, 0.4) is 0 Å². The van der Waals surface area contributed by atoms with Crippen LogP contribution < -0.4 is 10.2 Å². The van der Waals surface area contributed by atoms with E-state index in [0.717, 1.165) is 31.4 Å². The lowest BCUT2D eigenvalue weighted by Crippen LogP contribution is -2.30. The molecule has 0 radical (unpaired) electrons. The zero-order valence-corrected chi connectivity index (χ0v) is 18.1. The number of hydrogen-bond acceptors (Lipinski definition) is 4. The van der Waals surface area contributed by atoms with Crippen LogP contribution in [-0.4, -0.2) is 29.7 Å². The summed E-state index contributed by atoms with van der Waals surface area (Å²) in [6, 6.07) is 17.2. The Morgan fingerprint density at radius 3 is 2.68 bits per heavy atom. The van der Waals surface area contributed by atoms with Gasteiger partial charge in [-0.2, -0.15) is 0 Å². The standard InChI is InChI=1S/C26H29N3O2/c1-3-18-4-7-21(8-5-18)29(2)22-9-10-23-19(16-22)12-15-28-25(23)11-6-20-17-27-14-13-24(20)26(30)31/h4-5,7-10,13-14,16-17,25,28H,3,6,11-12,15H2,1-2H3,(H,30,31)/t25-/m0/s1. The first kappa shape index (κ1) is 21.1. The maximum Gasteiger partial charge on any atom is 0.336 e. The van der Waals surface area contributed by atoms with E-state index in [2.05, 4.69) is 71.6 Å². The predicted molar refractivity (Wildman–Crippen MR) is 124 cm³/mol. The van der Waals surface area contributed by atoms with Crippen molar-refractivity contribution in [2.24, 2.45) is 0 Å². The van der Waals surface area contributed by atoms with Crippen molar-refractivity contribution in [3.05, 3.63) is 88.7 Å². The molecule has 4 rings (SSSR count). The fraction of sp³-hybridized carbons (Fsp3) is 0.308. The largest absolute Gasteiger partial charge is 0.478 e. The van der Waals surface area contributed by atoms with Crippen LogP contribution in [-0.2, 0) is 19.3 Å². The Bertz CT molecular complexity index is 1060. The summed E-state index contributed by atoms with van der Waals surface area (Å²) in [5, 5.41) is 13.0. The van der Waals surface area contributed by atoms with Gasteiger partial charge in [0.1, 0.15) is 0 Å². The molecule has 5 nitrogen and oxygen atoms in total. The normalized spacial score (nSPS) is 15.4. The average molecular weight is 416 g/mol. The fourth-order valence-electron chi connectivity index (χ4n) is 4.35. The van der Waals surface area contributed by atoms with Gasteiger partial charge >= 0.3 is 5.97 Å². The van der Waals surface area contributed by atoms with Gasteiger partial charge in [0.25, 0.3) is 0 Å². The van der Waals surface area contributed by atoms with Crippen molar-refractivity contribution in [2.75, 3.05) is 18.5 Å². The van der Waals surface area contributed by atoms with Gasteiger partial charge in [0, 0.05) is 36.9 Å². The lowest BCUT2D eigenvalue weighted by Gasteiger charge is -2.29. The molecule has 0 amide bonds. The summed E-state index contributed by atoms with van der Waals surface area (Å²) >= 11 is 0. The number of pyridine rings is 1. The minimum Gasteiger partial charge on any atom is -0.478 e. The molecule has 0 fully saturated rings. The highest BCUT2D eigenvalue weighted by Crippen LogP contribution is 2.32. The summed E-state index contributed by atoms with van der Waals surface area (Å²) in [6.07, 6.45) is 6.77. The number of hydrogen-bond donors (Lipinski definition) is 2. The van der Waals surface area contributed by atoms with Crippen LogP contribution >= 0.6 is 0 Å². The van der Waals surface area contributed by atoms with Gasteiger partial charge in [-0.15, -0.1) is 0 Å². The van der Waals surface area contributed by atoms with Gasteiger partial charge in [-0.3, -0.25) is 4.98 Å². The number of carbonyl (C=O) groups is 1. The number of nitrogens with zero attached hydrogens (tertiary/aromatic N) is 2. The zero-order chi connectivity index (χ0) is 21.8. The molecule has 2 N–H and O–H groups in total. The second kappa shape index (κ2) is 9.31. The smallest absolute Gasteiger partial charge is 0.336 e. The highest BCUT2D eigenvalue weighted by molar-refractivity contribution is 5.89. The molecule has 0 saturated heterocycles. The van der Waals surface area contributed by atoms with Gasteiger partial charge in [0.15, 0.2) is 0 Å². The van der Waals surface area contributed by atoms with Gasteiger partial charge < -0.3 is 15.3 Å². The molecule has 1 aromatic heterocycles. The minimum absolute atomic E-state index is 0.216. The Hall–Kier alpha value is -3.18. The first-order chi connectivity index (χ1) is 15.1. The summed E-state index contributed by atoms with van der Waals surface area (Å²) in [7, 11) is 2.11. The van der Waals surface area contributed by atoms with Crippen LogP contribution in [0.15, 0.2) is 60.9 Å². The molecule has 3 aromatic rings. The summed E-state index contributed by atoms with van der Waals surface area (Å²) < 4.78 is 0. The maximum atomic E-state index is 11.5. The Morgan fingerprint density at radius 2 is 1.94 bits per heavy atom. The van der Waals surface area contributed by atoms with E-state index in [4.69, 9.17) is 0 Å². The lowest BCUT2D eigenvalue weighted by molar-refractivity contribution is 0.0695. The Labute approximate surface area is 183 Å². The van der Waals surface area contributed by atoms with Crippen LogP contribution in [0.4, 0.5) is 11.4 Å². The molecule has 1 aliphatic heterocycles. The van der Waals surface area contributed by atoms with Crippen molar-refractivity contribution in [1.82, 2.24) is 10.3 Å². The number of carboxylic acids is 1. The molecule has 160 valence electrons. The van der Waals surface area contributed by atoms with Crippen molar-refractivity contribution in [1.29, 1.82) is 0 Å². The molecular formula is C26H29N3O2. The number of aromatic carboxylic acids is 1. The third-order valence-electron chi connectivity index (χ3n) is 6.24. The number of rotatable bonds is 7. The third-order valence-corrected chi connectivity index (χ3v) is 6.24. The molecule has 0 aliphatic carbocycles. The summed E-state index contributed by atoms with van der Waals surface area (Å²) in [4.78, 5) is 17.8. The number of nitrogens with one attached hydrogen (secondary N) is 1. The van der Waals surface area contributed by atoms with Crippen LogP contribution in [0.25, 0.3) is 0 Å². The van der Waals surface area contributed by atoms with Gasteiger partial charge in [-0.05, 0) is 84.8 Å². The molecule has 0 bridgehead atoms. The molecule has 2 aromatic carbocycles. The first-order valence-corrected chi connectivity index (χ1v) is 10.9. The van der Waals surface area contributed by atoms with E-state index in [1.807, 2.05) is 0 Å². The van der Waals surface area contributed by atoms with Gasteiger partial charge in [-0.1, -0.05) is 25.1 Å². The van der Waals surface area contributed by atoms with Crippen LogP contribution in [0.2, 0.25) is 0 Å². The first-order valence-electron chi connectivity index (χ1n) is 10.9. The minimum atomic E-state index is -0.894. The van der Waals surface area contributed by atoms with Crippen LogP contribution in [0, 0.1) is 0 Å². The van der Waals surface area contributed by atoms with Crippen molar-refractivity contribution < 1.29 is 9.90 Å². The van der Waals surface area contributed by atoms with Crippen LogP contribution in [0.5, 0.6) is 0 Å².